The maximum atomic E-state index is 12.3. The van der Waals surface area contributed by atoms with Gasteiger partial charge in [0.05, 0.1) is 27.8 Å². The molecule has 0 aromatic carbocycles. The predicted octanol–water partition coefficient (Wildman–Crippen LogP) is 2.40. The van der Waals surface area contributed by atoms with Crippen LogP contribution in [0.1, 0.15) is 33.0 Å². The first-order valence-electron chi connectivity index (χ1n) is 5.83. The van der Waals surface area contributed by atoms with Crippen molar-refractivity contribution in [3.05, 3.63) is 39.1 Å². The first-order chi connectivity index (χ1) is 8.66. The molecule has 92 valence electrons. The normalized spacial score (nSPS) is 17.2. The Morgan fingerprint density at radius 3 is 3.00 bits per heavy atom. The smallest absolute Gasteiger partial charge is 0.192 e. The summed E-state index contributed by atoms with van der Waals surface area (Å²) in [6.07, 6.45) is 5.30. The van der Waals surface area contributed by atoms with Gasteiger partial charge in [-0.1, -0.05) is 0 Å². The Balaban J connectivity index is 2.01. The summed E-state index contributed by atoms with van der Waals surface area (Å²) in [5.41, 5.74) is 5.44. The number of carbonyl (C=O) groups excluding carboxylic acids is 1. The molecule has 5 heteroatoms. The van der Waals surface area contributed by atoms with Crippen molar-refractivity contribution in [2.45, 2.75) is 19.8 Å². The monoisotopic (exact) mass is 259 g/mol. The van der Waals surface area contributed by atoms with Crippen molar-refractivity contribution < 1.29 is 4.79 Å². The van der Waals surface area contributed by atoms with Crippen molar-refractivity contribution in [1.29, 1.82) is 0 Å². The lowest BCUT2D eigenvalue weighted by Gasteiger charge is -2.14. The highest BCUT2D eigenvalue weighted by Gasteiger charge is 2.25. The zero-order valence-corrected chi connectivity index (χ0v) is 11.1. The summed E-state index contributed by atoms with van der Waals surface area (Å²) in [4.78, 5) is 17.6. The molecule has 2 aromatic heterocycles. The fourth-order valence-electron chi connectivity index (χ4n) is 2.23. The number of carbonyl (C=O) groups is 1. The van der Waals surface area contributed by atoms with Gasteiger partial charge in [-0.3, -0.25) is 9.48 Å². The maximum absolute atomic E-state index is 12.3. The summed E-state index contributed by atoms with van der Waals surface area (Å²) < 4.78 is 1.79. The summed E-state index contributed by atoms with van der Waals surface area (Å²) in [5, 5.41) is 4.16. The topological polar surface area (TPSA) is 47.8 Å². The van der Waals surface area contributed by atoms with Crippen LogP contribution < -0.4 is 0 Å². The molecule has 2 heterocycles. The predicted molar refractivity (Wildman–Crippen MR) is 70.7 cm³/mol. The standard InChI is InChI=1S/C13H13N3OS/c1-8-12(18-7-14-8)5-9-3-4-11-10(13(9)17)6-15-16(11)2/h5-7H,3-4H2,1-2H3/b9-5+. The molecule has 0 bridgehead atoms. The zero-order valence-electron chi connectivity index (χ0n) is 10.3. The molecule has 0 saturated carbocycles. The highest BCUT2D eigenvalue weighted by atomic mass is 32.1. The van der Waals surface area contributed by atoms with E-state index in [1.807, 2.05) is 25.6 Å². The Labute approximate surface area is 109 Å². The molecule has 0 radical (unpaired) electrons. The quantitative estimate of drug-likeness (QED) is 0.739. The first-order valence-corrected chi connectivity index (χ1v) is 6.71. The maximum Gasteiger partial charge on any atom is 0.192 e. The third-order valence-electron chi connectivity index (χ3n) is 3.32. The summed E-state index contributed by atoms with van der Waals surface area (Å²) >= 11 is 1.57. The Kier molecular flexibility index (Phi) is 2.63. The molecule has 0 spiro atoms. The molecule has 2 aromatic rings. The molecular weight excluding hydrogens is 246 g/mol. The van der Waals surface area contributed by atoms with Crippen LogP contribution in [0.3, 0.4) is 0 Å². The highest BCUT2D eigenvalue weighted by molar-refractivity contribution is 7.10. The molecule has 0 fully saturated rings. The number of fused-ring (bicyclic) bond motifs is 1. The van der Waals surface area contributed by atoms with Gasteiger partial charge in [0.25, 0.3) is 0 Å². The Morgan fingerprint density at radius 1 is 1.44 bits per heavy atom. The molecule has 3 rings (SSSR count). The van der Waals surface area contributed by atoms with Gasteiger partial charge in [0.15, 0.2) is 5.78 Å². The number of hydrogen-bond donors (Lipinski definition) is 0. The largest absolute Gasteiger partial charge is 0.289 e. The van der Waals surface area contributed by atoms with Crippen LogP contribution in [0, 0.1) is 6.92 Å². The van der Waals surface area contributed by atoms with E-state index < -0.39 is 0 Å². The van der Waals surface area contributed by atoms with Crippen molar-refractivity contribution in [2.24, 2.45) is 7.05 Å². The molecule has 0 unspecified atom stereocenters. The van der Waals surface area contributed by atoms with Crippen molar-refractivity contribution in [1.82, 2.24) is 14.8 Å². The lowest BCUT2D eigenvalue weighted by molar-refractivity contribution is 0.102. The van der Waals surface area contributed by atoms with E-state index >= 15 is 0 Å². The minimum Gasteiger partial charge on any atom is -0.289 e. The Morgan fingerprint density at radius 2 is 2.28 bits per heavy atom. The Bertz CT molecular complexity index is 651. The van der Waals surface area contributed by atoms with Gasteiger partial charge in [-0.15, -0.1) is 11.3 Å². The van der Waals surface area contributed by atoms with Crippen LogP contribution in [-0.4, -0.2) is 20.5 Å². The summed E-state index contributed by atoms with van der Waals surface area (Å²) in [5.74, 6) is 0.108. The third-order valence-corrected chi connectivity index (χ3v) is 4.19. The van der Waals surface area contributed by atoms with E-state index in [2.05, 4.69) is 10.1 Å². The van der Waals surface area contributed by atoms with E-state index in [0.717, 1.165) is 40.2 Å². The number of ketones is 1. The molecule has 1 aliphatic carbocycles. The van der Waals surface area contributed by atoms with Crippen molar-refractivity contribution >= 4 is 23.2 Å². The van der Waals surface area contributed by atoms with Crippen LogP contribution in [0.25, 0.3) is 6.08 Å². The number of nitrogens with zero attached hydrogens (tertiary/aromatic N) is 3. The molecule has 0 saturated heterocycles. The average Bonchev–Trinajstić information content (AvgIpc) is 2.91. The fraction of sp³-hybridized carbons (Fsp3) is 0.308. The molecular formula is C13H13N3OS. The van der Waals surface area contributed by atoms with Crippen molar-refractivity contribution in [3.8, 4) is 0 Å². The molecule has 0 atom stereocenters. The third kappa shape index (κ3) is 1.71. The highest BCUT2D eigenvalue weighted by Crippen LogP contribution is 2.27. The molecule has 1 aliphatic rings. The van der Waals surface area contributed by atoms with E-state index in [1.54, 1.807) is 22.2 Å². The first kappa shape index (κ1) is 11.3. The fourth-order valence-corrected chi connectivity index (χ4v) is 2.99. The number of allylic oxidation sites excluding steroid dienone is 1. The van der Waals surface area contributed by atoms with Gasteiger partial charge in [-0.2, -0.15) is 5.10 Å². The van der Waals surface area contributed by atoms with E-state index in [1.165, 1.54) is 0 Å². The second-order valence-corrected chi connectivity index (χ2v) is 5.32. The lowest BCUT2D eigenvalue weighted by Crippen LogP contribution is -2.14. The van der Waals surface area contributed by atoms with E-state index in [4.69, 9.17) is 0 Å². The van der Waals surface area contributed by atoms with Gasteiger partial charge < -0.3 is 0 Å². The minimum atomic E-state index is 0.108. The van der Waals surface area contributed by atoms with Crippen LogP contribution >= 0.6 is 11.3 Å². The number of aryl methyl sites for hydroxylation is 2. The second kappa shape index (κ2) is 4.17. The van der Waals surface area contributed by atoms with Crippen LogP contribution in [-0.2, 0) is 13.5 Å². The molecule has 18 heavy (non-hydrogen) atoms. The zero-order chi connectivity index (χ0) is 12.7. The number of rotatable bonds is 1. The van der Waals surface area contributed by atoms with Gasteiger partial charge in [-0.25, -0.2) is 4.98 Å². The average molecular weight is 259 g/mol. The van der Waals surface area contributed by atoms with Crippen molar-refractivity contribution in [2.75, 3.05) is 0 Å². The number of aromatic nitrogens is 3. The SMILES string of the molecule is Cc1ncsc1/C=C1\CCc2c(cnn2C)C1=O. The van der Waals surface area contributed by atoms with Crippen LogP contribution in [0.2, 0.25) is 0 Å². The van der Waals surface area contributed by atoms with E-state index in [0.29, 0.717) is 0 Å². The number of Topliss-reactive ketones (excluding diaryl/α,β-unsaturated/α-hetero) is 1. The number of thiazole rings is 1. The summed E-state index contributed by atoms with van der Waals surface area (Å²) in [6, 6.07) is 0. The van der Waals surface area contributed by atoms with Gasteiger partial charge in [-0.05, 0) is 25.8 Å². The number of hydrogen-bond acceptors (Lipinski definition) is 4. The van der Waals surface area contributed by atoms with Crippen LogP contribution in [0.15, 0.2) is 17.3 Å². The van der Waals surface area contributed by atoms with E-state index in [9.17, 15) is 4.79 Å². The van der Waals surface area contributed by atoms with Gasteiger partial charge in [0.2, 0.25) is 0 Å². The lowest BCUT2D eigenvalue weighted by atomic mass is 9.91. The molecule has 0 amide bonds. The van der Waals surface area contributed by atoms with Crippen LogP contribution in [0.4, 0.5) is 0 Å². The van der Waals surface area contributed by atoms with Gasteiger partial charge in [0, 0.05) is 18.3 Å². The van der Waals surface area contributed by atoms with Crippen LogP contribution in [0.5, 0.6) is 0 Å². The van der Waals surface area contributed by atoms with E-state index in [-0.39, 0.29) is 5.78 Å². The summed E-state index contributed by atoms with van der Waals surface area (Å²) in [6.45, 7) is 1.96. The molecule has 4 nitrogen and oxygen atoms in total. The summed E-state index contributed by atoms with van der Waals surface area (Å²) in [7, 11) is 1.88. The minimum absolute atomic E-state index is 0.108. The Hall–Kier alpha value is -1.75. The van der Waals surface area contributed by atoms with Gasteiger partial charge in [0.1, 0.15) is 0 Å². The van der Waals surface area contributed by atoms with Crippen molar-refractivity contribution in [3.63, 3.8) is 0 Å². The second-order valence-electron chi connectivity index (χ2n) is 4.43. The van der Waals surface area contributed by atoms with Gasteiger partial charge >= 0.3 is 0 Å². The molecule has 0 N–H and O–H groups in total. The molecule has 0 aliphatic heterocycles.